The number of aliphatic carboxylic acids is 1. The van der Waals surface area contributed by atoms with Crippen molar-refractivity contribution in [2.45, 2.75) is 39.0 Å². The SMILES string of the molecule is Cc1ccc(Cc2ccc(CCCCC(=O)O)s2)cc1. The van der Waals surface area contributed by atoms with Crippen molar-refractivity contribution in [3.8, 4) is 0 Å². The summed E-state index contributed by atoms with van der Waals surface area (Å²) < 4.78 is 0. The summed E-state index contributed by atoms with van der Waals surface area (Å²) in [5, 5.41) is 8.60. The van der Waals surface area contributed by atoms with Gasteiger partial charge in [0.15, 0.2) is 0 Å². The van der Waals surface area contributed by atoms with Crippen LogP contribution in [0.15, 0.2) is 36.4 Å². The predicted octanol–water partition coefficient (Wildman–Crippen LogP) is 4.44. The molecular formula is C17H20O2S. The molecule has 0 aliphatic heterocycles. The van der Waals surface area contributed by atoms with Crippen molar-refractivity contribution in [2.75, 3.05) is 0 Å². The van der Waals surface area contributed by atoms with E-state index in [9.17, 15) is 4.79 Å². The molecule has 0 saturated heterocycles. The Kier molecular flexibility index (Phi) is 5.36. The molecule has 0 fully saturated rings. The summed E-state index contributed by atoms with van der Waals surface area (Å²) in [6.45, 7) is 2.10. The zero-order valence-corrected chi connectivity index (χ0v) is 12.6. The summed E-state index contributed by atoms with van der Waals surface area (Å²) in [5.41, 5.74) is 2.63. The number of hydrogen-bond donors (Lipinski definition) is 1. The molecule has 1 aromatic carbocycles. The second-order valence-corrected chi connectivity index (χ2v) is 6.38. The van der Waals surface area contributed by atoms with E-state index in [1.165, 1.54) is 20.9 Å². The minimum absolute atomic E-state index is 0.279. The standard InChI is InChI=1S/C17H20O2S/c1-13-6-8-14(9-7-13)12-16-11-10-15(20-16)4-2-3-5-17(18)19/h6-11H,2-5,12H2,1H3,(H,18,19). The Bertz CT molecular complexity index is 555. The van der Waals surface area contributed by atoms with Gasteiger partial charge in [0.05, 0.1) is 0 Å². The first-order chi connectivity index (χ1) is 9.63. The van der Waals surface area contributed by atoms with Crippen molar-refractivity contribution in [2.24, 2.45) is 0 Å². The average Bonchev–Trinajstić information content (AvgIpc) is 2.85. The van der Waals surface area contributed by atoms with Crippen LogP contribution < -0.4 is 0 Å². The van der Waals surface area contributed by atoms with Crippen molar-refractivity contribution >= 4 is 17.3 Å². The Morgan fingerprint density at radius 3 is 2.45 bits per heavy atom. The normalized spacial score (nSPS) is 10.7. The lowest BCUT2D eigenvalue weighted by molar-refractivity contribution is -0.137. The molecule has 2 rings (SSSR count). The summed E-state index contributed by atoms with van der Waals surface area (Å²) in [4.78, 5) is 13.2. The van der Waals surface area contributed by atoms with E-state index in [0.29, 0.717) is 0 Å². The molecule has 1 aromatic heterocycles. The monoisotopic (exact) mass is 288 g/mol. The van der Waals surface area contributed by atoms with Crippen molar-refractivity contribution in [3.05, 3.63) is 57.3 Å². The molecule has 0 saturated carbocycles. The first kappa shape index (κ1) is 14.8. The molecule has 2 aromatic rings. The molecule has 0 radical (unpaired) electrons. The van der Waals surface area contributed by atoms with Crippen LogP contribution >= 0.6 is 11.3 Å². The second-order valence-electron chi connectivity index (χ2n) is 5.13. The van der Waals surface area contributed by atoms with Crippen LogP contribution in [0.1, 0.15) is 40.1 Å². The summed E-state index contributed by atoms with van der Waals surface area (Å²) in [6, 6.07) is 13.0. The van der Waals surface area contributed by atoms with Crippen molar-refractivity contribution in [3.63, 3.8) is 0 Å². The number of hydrogen-bond acceptors (Lipinski definition) is 2. The van der Waals surface area contributed by atoms with E-state index in [1.807, 2.05) is 11.3 Å². The Hall–Kier alpha value is -1.61. The predicted molar refractivity (Wildman–Crippen MR) is 83.5 cm³/mol. The zero-order valence-electron chi connectivity index (χ0n) is 11.8. The fourth-order valence-electron chi connectivity index (χ4n) is 2.13. The van der Waals surface area contributed by atoms with Crippen LogP contribution in [0.25, 0.3) is 0 Å². The highest BCUT2D eigenvalue weighted by molar-refractivity contribution is 7.12. The lowest BCUT2D eigenvalue weighted by Gasteiger charge is -1.99. The topological polar surface area (TPSA) is 37.3 Å². The highest BCUT2D eigenvalue weighted by Gasteiger charge is 2.03. The molecule has 0 aliphatic rings. The van der Waals surface area contributed by atoms with Crippen LogP contribution in [0.2, 0.25) is 0 Å². The number of unbranched alkanes of at least 4 members (excludes halogenated alkanes) is 1. The molecule has 106 valence electrons. The van der Waals surface area contributed by atoms with E-state index >= 15 is 0 Å². The molecule has 0 atom stereocenters. The fraction of sp³-hybridized carbons (Fsp3) is 0.353. The number of carboxylic acid groups (broad SMARTS) is 1. The minimum atomic E-state index is -0.698. The van der Waals surface area contributed by atoms with Crippen molar-refractivity contribution in [1.29, 1.82) is 0 Å². The molecule has 0 bridgehead atoms. The van der Waals surface area contributed by atoms with Gasteiger partial charge in [-0.25, -0.2) is 0 Å². The van der Waals surface area contributed by atoms with Gasteiger partial charge in [-0.05, 0) is 43.9 Å². The van der Waals surface area contributed by atoms with Gasteiger partial charge in [-0.15, -0.1) is 11.3 Å². The second kappa shape index (κ2) is 7.25. The third-order valence-electron chi connectivity index (χ3n) is 3.28. The maximum Gasteiger partial charge on any atom is 0.303 e. The molecule has 2 nitrogen and oxygen atoms in total. The number of carbonyl (C=O) groups is 1. The fourth-order valence-corrected chi connectivity index (χ4v) is 3.23. The minimum Gasteiger partial charge on any atom is -0.481 e. The van der Waals surface area contributed by atoms with E-state index in [1.54, 1.807) is 0 Å². The number of aryl methyl sites for hydroxylation is 2. The van der Waals surface area contributed by atoms with Crippen LogP contribution in [0, 0.1) is 6.92 Å². The van der Waals surface area contributed by atoms with Gasteiger partial charge in [0.25, 0.3) is 0 Å². The Balaban J connectivity index is 1.82. The molecule has 3 heteroatoms. The van der Waals surface area contributed by atoms with Crippen molar-refractivity contribution in [1.82, 2.24) is 0 Å². The van der Waals surface area contributed by atoms with Gasteiger partial charge >= 0.3 is 5.97 Å². The molecule has 0 spiro atoms. The van der Waals surface area contributed by atoms with Gasteiger partial charge in [0.1, 0.15) is 0 Å². The maximum atomic E-state index is 10.4. The van der Waals surface area contributed by atoms with Crippen LogP contribution in [-0.2, 0) is 17.6 Å². The largest absolute Gasteiger partial charge is 0.481 e. The first-order valence-corrected chi connectivity index (χ1v) is 7.80. The lowest BCUT2D eigenvalue weighted by atomic mass is 10.1. The van der Waals surface area contributed by atoms with Gasteiger partial charge < -0.3 is 5.11 Å². The van der Waals surface area contributed by atoms with Crippen LogP contribution in [0.4, 0.5) is 0 Å². The number of thiophene rings is 1. The summed E-state index contributed by atoms with van der Waals surface area (Å²) >= 11 is 1.84. The summed E-state index contributed by atoms with van der Waals surface area (Å²) in [7, 11) is 0. The summed E-state index contributed by atoms with van der Waals surface area (Å²) in [6.07, 6.45) is 3.98. The Labute approximate surface area is 124 Å². The number of rotatable bonds is 7. The first-order valence-electron chi connectivity index (χ1n) is 6.98. The smallest absolute Gasteiger partial charge is 0.303 e. The van der Waals surface area contributed by atoms with E-state index in [4.69, 9.17) is 5.11 Å². The van der Waals surface area contributed by atoms with E-state index in [-0.39, 0.29) is 6.42 Å². The Morgan fingerprint density at radius 1 is 1.05 bits per heavy atom. The van der Waals surface area contributed by atoms with Gasteiger partial charge in [0.2, 0.25) is 0 Å². The van der Waals surface area contributed by atoms with Gasteiger partial charge in [-0.1, -0.05) is 29.8 Å². The average molecular weight is 288 g/mol. The molecule has 0 amide bonds. The molecular weight excluding hydrogens is 268 g/mol. The van der Waals surface area contributed by atoms with E-state index < -0.39 is 5.97 Å². The van der Waals surface area contributed by atoms with E-state index in [0.717, 1.165) is 25.7 Å². The third kappa shape index (κ3) is 4.82. The lowest BCUT2D eigenvalue weighted by Crippen LogP contribution is -1.94. The molecule has 20 heavy (non-hydrogen) atoms. The van der Waals surface area contributed by atoms with Crippen LogP contribution in [0.3, 0.4) is 0 Å². The number of benzene rings is 1. The highest BCUT2D eigenvalue weighted by atomic mass is 32.1. The molecule has 1 heterocycles. The summed E-state index contributed by atoms with van der Waals surface area (Å²) in [5.74, 6) is -0.698. The quantitative estimate of drug-likeness (QED) is 0.764. The van der Waals surface area contributed by atoms with Crippen LogP contribution in [-0.4, -0.2) is 11.1 Å². The maximum absolute atomic E-state index is 10.4. The Morgan fingerprint density at radius 2 is 1.75 bits per heavy atom. The van der Waals surface area contributed by atoms with Crippen molar-refractivity contribution < 1.29 is 9.90 Å². The van der Waals surface area contributed by atoms with Gasteiger partial charge in [-0.2, -0.15) is 0 Å². The van der Waals surface area contributed by atoms with Crippen LogP contribution in [0.5, 0.6) is 0 Å². The van der Waals surface area contributed by atoms with Gasteiger partial charge in [-0.3, -0.25) is 4.79 Å². The molecule has 0 unspecified atom stereocenters. The highest BCUT2D eigenvalue weighted by Crippen LogP contribution is 2.22. The molecule has 1 N–H and O–H groups in total. The number of carboxylic acids is 1. The third-order valence-corrected chi connectivity index (χ3v) is 4.43. The zero-order chi connectivity index (χ0) is 14.4. The van der Waals surface area contributed by atoms with Gasteiger partial charge in [0, 0.05) is 22.6 Å². The van der Waals surface area contributed by atoms with E-state index in [2.05, 4.69) is 43.3 Å². The molecule has 0 aliphatic carbocycles.